The van der Waals surface area contributed by atoms with Gasteiger partial charge in [0.2, 0.25) is 11.8 Å². The number of rotatable bonds is 10. The molecule has 0 aromatic heterocycles. The van der Waals surface area contributed by atoms with Crippen LogP contribution in [0.15, 0.2) is 48.5 Å². The van der Waals surface area contributed by atoms with Crippen LogP contribution in [-0.4, -0.2) is 35.9 Å². The molecule has 2 aromatic carbocycles. The SMILES string of the molecule is CCNC(=O)[C@H](C)N(Cc1ccc(F)cc1)C(=O)CCCOc1ccc(C)cc1. The zero-order chi connectivity index (χ0) is 21.2. The molecule has 29 heavy (non-hydrogen) atoms. The van der Waals surface area contributed by atoms with Crippen molar-refractivity contribution in [3.05, 3.63) is 65.5 Å². The number of aryl methyl sites for hydroxylation is 1. The molecule has 156 valence electrons. The van der Waals surface area contributed by atoms with Crippen LogP contribution in [0.3, 0.4) is 0 Å². The first kappa shape index (κ1) is 22.4. The minimum Gasteiger partial charge on any atom is -0.494 e. The van der Waals surface area contributed by atoms with Gasteiger partial charge in [0.1, 0.15) is 17.6 Å². The van der Waals surface area contributed by atoms with E-state index in [-0.39, 0.29) is 30.6 Å². The van der Waals surface area contributed by atoms with Crippen LogP contribution in [0.5, 0.6) is 5.75 Å². The lowest BCUT2D eigenvalue weighted by atomic mass is 10.1. The second kappa shape index (κ2) is 11.2. The van der Waals surface area contributed by atoms with E-state index < -0.39 is 6.04 Å². The Morgan fingerprint density at radius 1 is 1.10 bits per heavy atom. The standard InChI is InChI=1S/C23H29FN2O3/c1-4-25-23(28)18(3)26(16-19-9-11-20(24)12-10-19)22(27)6-5-15-29-21-13-7-17(2)8-14-21/h7-14,18H,4-6,15-16H2,1-3H3,(H,25,28)/t18-/m0/s1. The molecule has 2 amide bonds. The van der Waals surface area contributed by atoms with Crippen molar-refractivity contribution in [1.29, 1.82) is 0 Å². The quantitative estimate of drug-likeness (QED) is 0.617. The highest BCUT2D eigenvalue weighted by molar-refractivity contribution is 5.87. The van der Waals surface area contributed by atoms with E-state index in [2.05, 4.69) is 5.32 Å². The van der Waals surface area contributed by atoms with Crippen molar-refractivity contribution in [2.45, 2.75) is 46.2 Å². The third-order valence-corrected chi connectivity index (χ3v) is 4.61. The smallest absolute Gasteiger partial charge is 0.242 e. The zero-order valence-electron chi connectivity index (χ0n) is 17.3. The van der Waals surface area contributed by atoms with E-state index in [9.17, 15) is 14.0 Å². The van der Waals surface area contributed by atoms with Crippen molar-refractivity contribution in [3.8, 4) is 5.75 Å². The summed E-state index contributed by atoms with van der Waals surface area (Å²) in [6.45, 7) is 6.69. The van der Waals surface area contributed by atoms with Crippen LogP contribution in [-0.2, 0) is 16.1 Å². The summed E-state index contributed by atoms with van der Waals surface area (Å²) in [5, 5.41) is 2.75. The van der Waals surface area contributed by atoms with Crippen molar-refractivity contribution < 1.29 is 18.7 Å². The molecule has 0 bridgehead atoms. The van der Waals surface area contributed by atoms with Crippen molar-refractivity contribution in [2.75, 3.05) is 13.2 Å². The van der Waals surface area contributed by atoms with Crippen molar-refractivity contribution in [1.82, 2.24) is 10.2 Å². The Morgan fingerprint density at radius 3 is 2.38 bits per heavy atom. The zero-order valence-corrected chi connectivity index (χ0v) is 17.3. The fourth-order valence-corrected chi connectivity index (χ4v) is 2.88. The molecule has 0 saturated carbocycles. The number of amides is 2. The third-order valence-electron chi connectivity index (χ3n) is 4.61. The molecule has 0 spiro atoms. The summed E-state index contributed by atoms with van der Waals surface area (Å²) >= 11 is 0. The third kappa shape index (κ3) is 7.22. The highest BCUT2D eigenvalue weighted by Crippen LogP contribution is 2.14. The molecule has 0 heterocycles. The first-order valence-electron chi connectivity index (χ1n) is 9.91. The molecule has 0 aliphatic carbocycles. The van der Waals surface area contributed by atoms with E-state index in [1.807, 2.05) is 38.1 Å². The summed E-state index contributed by atoms with van der Waals surface area (Å²) in [6.07, 6.45) is 0.797. The molecule has 0 aliphatic rings. The maximum absolute atomic E-state index is 13.2. The van der Waals surface area contributed by atoms with Gasteiger partial charge >= 0.3 is 0 Å². The highest BCUT2D eigenvalue weighted by atomic mass is 19.1. The average molecular weight is 400 g/mol. The number of hydrogen-bond donors (Lipinski definition) is 1. The Balaban J connectivity index is 1.96. The Hall–Kier alpha value is -2.89. The molecular formula is C23H29FN2O3. The van der Waals surface area contributed by atoms with Crippen LogP contribution in [0.25, 0.3) is 0 Å². The van der Waals surface area contributed by atoms with Gasteiger partial charge in [-0.1, -0.05) is 29.8 Å². The predicted octanol–water partition coefficient (Wildman–Crippen LogP) is 3.85. The average Bonchev–Trinajstić information content (AvgIpc) is 2.71. The number of halogens is 1. The molecule has 0 saturated heterocycles. The lowest BCUT2D eigenvalue weighted by Gasteiger charge is -2.28. The highest BCUT2D eigenvalue weighted by Gasteiger charge is 2.25. The fraction of sp³-hybridized carbons (Fsp3) is 0.391. The topological polar surface area (TPSA) is 58.6 Å². The molecule has 0 radical (unpaired) electrons. The summed E-state index contributed by atoms with van der Waals surface area (Å²) < 4.78 is 18.9. The number of carbonyl (C=O) groups is 2. The fourth-order valence-electron chi connectivity index (χ4n) is 2.88. The van der Waals surface area contributed by atoms with Crippen LogP contribution in [0, 0.1) is 12.7 Å². The molecule has 0 aliphatic heterocycles. The lowest BCUT2D eigenvalue weighted by Crippen LogP contribution is -2.47. The van der Waals surface area contributed by atoms with E-state index in [1.165, 1.54) is 17.0 Å². The summed E-state index contributed by atoms with van der Waals surface area (Å²) in [4.78, 5) is 26.7. The first-order chi connectivity index (χ1) is 13.9. The van der Waals surface area contributed by atoms with Gasteiger partial charge in [-0.3, -0.25) is 9.59 Å². The van der Waals surface area contributed by atoms with E-state index in [0.29, 0.717) is 19.6 Å². The van der Waals surface area contributed by atoms with Gasteiger partial charge in [0.25, 0.3) is 0 Å². The Kier molecular flexibility index (Phi) is 8.65. The van der Waals surface area contributed by atoms with Crippen LogP contribution in [0.2, 0.25) is 0 Å². The maximum Gasteiger partial charge on any atom is 0.242 e. The predicted molar refractivity (Wildman–Crippen MR) is 111 cm³/mol. The van der Waals surface area contributed by atoms with Gasteiger partial charge in [0, 0.05) is 19.5 Å². The Labute approximate surface area is 171 Å². The van der Waals surface area contributed by atoms with E-state index in [0.717, 1.165) is 16.9 Å². The molecule has 2 aromatic rings. The summed E-state index contributed by atoms with van der Waals surface area (Å²) in [5.41, 5.74) is 1.93. The summed E-state index contributed by atoms with van der Waals surface area (Å²) in [5.74, 6) is 0.0815. The maximum atomic E-state index is 13.2. The van der Waals surface area contributed by atoms with Crippen molar-refractivity contribution in [3.63, 3.8) is 0 Å². The van der Waals surface area contributed by atoms with E-state index in [4.69, 9.17) is 4.74 Å². The number of likely N-dealkylation sites (N-methyl/N-ethyl adjacent to an activating group) is 1. The normalized spacial score (nSPS) is 11.6. The van der Waals surface area contributed by atoms with Crippen LogP contribution in [0.1, 0.15) is 37.8 Å². The van der Waals surface area contributed by atoms with Crippen LogP contribution >= 0.6 is 0 Å². The molecular weight excluding hydrogens is 371 g/mol. The molecule has 0 fully saturated rings. The number of nitrogens with zero attached hydrogens (tertiary/aromatic N) is 1. The molecule has 1 atom stereocenters. The largest absolute Gasteiger partial charge is 0.494 e. The second-order valence-electron chi connectivity index (χ2n) is 6.98. The molecule has 1 N–H and O–H groups in total. The van der Waals surface area contributed by atoms with E-state index in [1.54, 1.807) is 19.1 Å². The van der Waals surface area contributed by atoms with Crippen LogP contribution in [0.4, 0.5) is 4.39 Å². The van der Waals surface area contributed by atoms with Crippen molar-refractivity contribution >= 4 is 11.8 Å². The number of nitrogens with one attached hydrogen (secondary N) is 1. The van der Waals surface area contributed by atoms with E-state index >= 15 is 0 Å². The summed E-state index contributed by atoms with van der Waals surface area (Å²) in [7, 11) is 0. The van der Waals surface area contributed by atoms with Crippen LogP contribution < -0.4 is 10.1 Å². The molecule has 2 rings (SSSR count). The molecule has 5 nitrogen and oxygen atoms in total. The Morgan fingerprint density at radius 2 is 1.76 bits per heavy atom. The van der Waals surface area contributed by atoms with Crippen molar-refractivity contribution in [2.24, 2.45) is 0 Å². The second-order valence-corrected chi connectivity index (χ2v) is 6.98. The number of hydrogen-bond acceptors (Lipinski definition) is 3. The van der Waals surface area contributed by atoms with Gasteiger partial charge < -0.3 is 15.0 Å². The van der Waals surface area contributed by atoms with Gasteiger partial charge in [-0.25, -0.2) is 4.39 Å². The lowest BCUT2D eigenvalue weighted by molar-refractivity contribution is -0.140. The number of ether oxygens (including phenoxy) is 1. The number of benzene rings is 2. The first-order valence-corrected chi connectivity index (χ1v) is 9.91. The Bertz CT molecular complexity index is 791. The van der Waals surface area contributed by atoms with Gasteiger partial charge in [0.05, 0.1) is 6.61 Å². The molecule has 6 heteroatoms. The number of carbonyl (C=O) groups excluding carboxylic acids is 2. The molecule has 0 unspecified atom stereocenters. The minimum absolute atomic E-state index is 0.138. The monoisotopic (exact) mass is 400 g/mol. The van der Waals surface area contributed by atoms with Gasteiger partial charge in [-0.2, -0.15) is 0 Å². The van der Waals surface area contributed by atoms with Gasteiger partial charge in [-0.05, 0) is 57.0 Å². The minimum atomic E-state index is -0.620. The van der Waals surface area contributed by atoms with Gasteiger partial charge in [-0.15, -0.1) is 0 Å². The summed E-state index contributed by atoms with van der Waals surface area (Å²) in [6, 6.07) is 13.1. The van der Waals surface area contributed by atoms with Gasteiger partial charge in [0.15, 0.2) is 0 Å².